The fraction of sp³-hybridized carbons (Fsp3) is 0.0476. The van der Waals surface area contributed by atoms with Crippen LogP contribution < -0.4 is 10.1 Å². The van der Waals surface area contributed by atoms with E-state index in [-0.39, 0.29) is 5.91 Å². The SMILES string of the molecule is O=C1NC(=S)S/C1=C\c1ccc(OCc2cccc3ccccc23)cc1. The summed E-state index contributed by atoms with van der Waals surface area (Å²) < 4.78 is 6.43. The zero-order valence-electron chi connectivity index (χ0n) is 13.8. The normalized spacial score (nSPS) is 15.5. The number of rotatable bonds is 4. The van der Waals surface area contributed by atoms with Gasteiger partial charge in [0.1, 0.15) is 16.7 Å². The number of carbonyl (C=O) groups excluding carboxylic acids is 1. The highest BCUT2D eigenvalue weighted by molar-refractivity contribution is 8.26. The number of thiocarbonyl (C=S) groups is 1. The van der Waals surface area contributed by atoms with E-state index in [9.17, 15) is 4.79 Å². The Morgan fingerprint density at radius 1 is 1.00 bits per heavy atom. The van der Waals surface area contributed by atoms with Crippen LogP contribution in [0.5, 0.6) is 5.75 Å². The molecular formula is C21H15NO2S2. The van der Waals surface area contributed by atoms with E-state index >= 15 is 0 Å². The molecule has 0 bridgehead atoms. The molecule has 26 heavy (non-hydrogen) atoms. The maximum Gasteiger partial charge on any atom is 0.263 e. The average molecular weight is 377 g/mol. The number of ether oxygens (including phenoxy) is 1. The van der Waals surface area contributed by atoms with E-state index in [2.05, 4.69) is 29.6 Å². The van der Waals surface area contributed by atoms with Crippen LogP contribution in [0.15, 0.2) is 71.6 Å². The first-order valence-corrected chi connectivity index (χ1v) is 9.36. The first-order chi connectivity index (χ1) is 12.7. The molecule has 1 fully saturated rings. The van der Waals surface area contributed by atoms with Crippen LogP contribution in [0.1, 0.15) is 11.1 Å². The van der Waals surface area contributed by atoms with Crippen LogP contribution in [-0.2, 0) is 11.4 Å². The van der Waals surface area contributed by atoms with Crippen LogP contribution in [0, 0.1) is 0 Å². The van der Waals surface area contributed by atoms with Crippen LogP contribution in [-0.4, -0.2) is 10.2 Å². The Kier molecular flexibility index (Phi) is 4.73. The van der Waals surface area contributed by atoms with Crippen molar-refractivity contribution in [2.24, 2.45) is 0 Å². The largest absolute Gasteiger partial charge is 0.489 e. The van der Waals surface area contributed by atoms with Crippen LogP contribution >= 0.6 is 24.0 Å². The van der Waals surface area contributed by atoms with E-state index in [1.54, 1.807) is 0 Å². The van der Waals surface area contributed by atoms with Crippen molar-refractivity contribution in [3.63, 3.8) is 0 Å². The van der Waals surface area contributed by atoms with Gasteiger partial charge in [-0.1, -0.05) is 78.6 Å². The summed E-state index contributed by atoms with van der Waals surface area (Å²) >= 11 is 6.28. The van der Waals surface area contributed by atoms with E-state index in [1.807, 2.05) is 48.5 Å². The van der Waals surface area contributed by atoms with Crippen LogP contribution in [0.2, 0.25) is 0 Å². The third-order valence-electron chi connectivity index (χ3n) is 4.09. The number of thioether (sulfide) groups is 1. The minimum absolute atomic E-state index is 0.142. The molecule has 0 radical (unpaired) electrons. The van der Waals surface area contributed by atoms with Gasteiger partial charge in [-0.05, 0) is 40.1 Å². The topological polar surface area (TPSA) is 38.3 Å². The van der Waals surface area contributed by atoms with Gasteiger partial charge in [0.2, 0.25) is 0 Å². The zero-order chi connectivity index (χ0) is 17.9. The first-order valence-electron chi connectivity index (χ1n) is 8.13. The van der Waals surface area contributed by atoms with Crippen molar-refractivity contribution in [2.75, 3.05) is 0 Å². The molecule has 0 unspecified atom stereocenters. The summed E-state index contributed by atoms with van der Waals surface area (Å²) in [5.74, 6) is 0.649. The molecule has 0 saturated carbocycles. The molecule has 4 rings (SSSR count). The molecule has 5 heteroatoms. The molecule has 1 saturated heterocycles. The third kappa shape index (κ3) is 3.64. The number of carbonyl (C=O) groups is 1. The van der Waals surface area contributed by atoms with Crippen LogP contribution in [0.4, 0.5) is 0 Å². The lowest BCUT2D eigenvalue weighted by Gasteiger charge is -2.09. The lowest BCUT2D eigenvalue weighted by Crippen LogP contribution is -2.17. The molecule has 128 valence electrons. The van der Waals surface area contributed by atoms with Crippen molar-refractivity contribution in [2.45, 2.75) is 6.61 Å². The van der Waals surface area contributed by atoms with Gasteiger partial charge in [0.25, 0.3) is 5.91 Å². The number of nitrogens with one attached hydrogen (secondary N) is 1. The molecule has 3 aromatic rings. The number of hydrogen-bond acceptors (Lipinski definition) is 4. The van der Waals surface area contributed by atoms with Gasteiger partial charge in [0.05, 0.1) is 4.91 Å². The quantitative estimate of drug-likeness (QED) is 0.518. The van der Waals surface area contributed by atoms with Gasteiger partial charge in [-0.2, -0.15) is 0 Å². The number of amides is 1. The second-order valence-electron chi connectivity index (χ2n) is 5.85. The molecule has 1 aliphatic rings. The minimum Gasteiger partial charge on any atom is -0.489 e. The second kappa shape index (κ2) is 7.32. The summed E-state index contributed by atoms with van der Waals surface area (Å²) in [4.78, 5) is 12.3. The molecule has 0 atom stereocenters. The summed E-state index contributed by atoms with van der Waals surface area (Å²) in [5, 5.41) is 5.03. The highest BCUT2D eigenvalue weighted by atomic mass is 32.2. The Morgan fingerprint density at radius 3 is 2.54 bits per heavy atom. The molecule has 1 N–H and O–H groups in total. The molecule has 3 nitrogen and oxygen atoms in total. The van der Waals surface area contributed by atoms with Crippen molar-refractivity contribution in [3.8, 4) is 5.75 Å². The Hall–Kier alpha value is -2.63. The summed E-state index contributed by atoms with van der Waals surface area (Å²) in [6, 6.07) is 22.2. The van der Waals surface area contributed by atoms with E-state index in [0.717, 1.165) is 16.9 Å². The average Bonchev–Trinajstić information content (AvgIpc) is 2.98. The smallest absolute Gasteiger partial charge is 0.263 e. The predicted octanol–water partition coefficient (Wildman–Crippen LogP) is 4.91. The van der Waals surface area contributed by atoms with E-state index in [4.69, 9.17) is 17.0 Å². The van der Waals surface area contributed by atoms with Gasteiger partial charge in [-0.25, -0.2) is 0 Å². The van der Waals surface area contributed by atoms with E-state index in [1.165, 1.54) is 22.5 Å². The summed E-state index contributed by atoms with van der Waals surface area (Å²) in [6.07, 6.45) is 1.83. The van der Waals surface area contributed by atoms with Crippen molar-refractivity contribution in [3.05, 3.63) is 82.8 Å². The Morgan fingerprint density at radius 2 is 1.77 bits per heavy atom. The van der Waals surface area contributed by atoms with Gasteiger partial charge >= 0.3 is 0 Å². The molecule has 1 heterocycles. The summed E-state index contributed by atoms with van der Waals surface area (Å²) in [5.41, 5.74) is 2.09. The van der Waals surface area contributed by atoms with E-state index in [0.29, 0.717) is 15.8 Å². The Labute approximate surface area is 161 Å². The summed E-state index contributed by atoms with van der Waals surface area (Å²) in [7, 11) is 0. The molecule has 0 spiro atoms. The van der Waals surface area contributed by atoms with E-state index < -0.39 is 0 Å². The van der Waals surface area contributed by atoms with Gasteiger partial charge in [-0.15, -0.1) is 0 Å². The molecular weight excluding hydrogens is 362 g/mol. The van der Waals surface area contributed by atoms with Gasteiger partial charge in [-0.3, -0.25) is 4.79 Å². The lowest BCUT2D eigenvalue weighted by atomic mass is 10.1. The molecule has 3 aromatic carbocycles. The minimum atomic E-state index is -0.142. The molecule has 1 aliphatic heterocycles. The Balaban J connectivity index is 1.47. The van der Waals surface area contributed by atoms with Gasteiger partial charge in [0.15, 0.2) is 0 Å². The van der Waals surface area contributed by atoms with Crippen LogP contribution in [0.3, 0.4) is 0 Å². The highest BCUT2D eigenvalue weighted by Gasteiger charge is 2.21. The molecule has 0 aromatic heterocycles. The fourth-order valence-electron chi connectivity index (χ4n) is 2.81. The maximum atomic E-state index is 11.7. The van der Waals surface area contributed by atoms with Crippen molar-refractivity contribution in [1.29, 1.82) is 0 Å². The number of fused-ring (bicyclic) bond motifs is 1. The van der Waals surface area contributed by atoms with Crippen molar-refractivity contribution >= 4 is 51.1 Å². The third-order valence-corrected chi connectivity index (χ3v) is 5.26. The predicted molar refractivity (Wildman–Crippen MR) is 111 cm³/mol. The second-order valence-corrected chi connectivity index (χ2v) is 7.57. The number of hydrogen-bond donors (Lipinski definition) is 1. The molecule has 1 amide bonds. The maximum absolute atomic E-state index is 11.7. The van der Waals surface area contributed by atoms with Crippen molar-refractivity contribution < 1.29 is 9.53 Å². The zero-order valence-corrected chi connectivity index (χ0v) is 15.4. The fourth-order valence-corrected chi connectivity index (χ4v) is 3.86. The monoisotopic (exact) mass is 377 g/mol. The van der Waals surface area contributed by atoms with Crippen LogP contribution in [0.25, 0.3) is 16.8 Å². The van der Waals surface area contributed by atoms with Crippen molar-refractivity contribution in [1.82, 2.24) is 5.32 Å². The standard InChI is InChI=1S/C21H15NO2S2/c23-20-19(26-21(25)22-20)12-14-8-10-17(11-9-14)24-13-16-6-3-5-15-4-1-2-7-18(15)16/h1-12H,13H2,(H,22,23,25)/b19-12-. The Bertz CT molecular complexity index is 1020. The first kappa shape index (κ1) is 16.8. The lowest BCUT2D eigenvalue weighted by molar-refractivity contribution is -0.115. The summed E-state index contributed by atoms with van der Waals surface area (Å²) in [6.45, 7) is 0.508. The van der Waals surface area contributed by atoms with Gasteiger partial charge in [0, 0.05) is 0 Å². The number of benzene rings is 3. The van der Waals surface area contributed by atoms with Gasteiger partial charge < -0.3 is 10.1 Å². The highest BCUT2D eigenvalue weighted by Crippen LogP contribution is 2.27. The molecule has 0 aliphatic carbocycles.